The molecule has 1 aromatic heterocycles. The average molecular weight is 351 g/mol. The number of thiocarbonyl (C=S) groups is 1. The number of benzene rings is 1. The van der Waals surface area contributed by atoms with E-state index in [1.54, 1.807) is 25.3 Å². The van der Waals surface area contributed by atoms with Gasteiger partial charge in [0, 0.05) is 24.3 Å². The van der Waals surface area contributed by atoms with Gasteiger partial charge in [-0.05, 0) is 56.8 Å². The summed E-state index contributed by atoms with van der Waals surface area (Å²) < 4.78 is 1.88. The number of halogens is 1. The Labute approximate surface area is 146 Å². The molecule has 0 aliphatic rings. The lowest BCUT2D eigenvalue weighted by Crippen LogP contribution is -2.29. The van der Waals surface area contributed by atoms with Crippen LogP contribution in [0.5, 0.6) is 0 Å². The minimum atomic E-state index is 0.0475. The maximum atomic E-state index is 11.2. The van der Waals surface area contributed by atoms with Crippen molar-refractivity contribution >= 4 is 40.4 Å². The van der Waals surface area contributed by atoms with Crippen molar-refractivity contribution in [2.45, 2.75) is 26.8 Å². The van der Waals surface area contributed by atoms with Crippen LogP contribution < -0.4 is 10.6 Å². The molecule has 122 valence electrons. The topological polar surface area (TPSA) is 59.0 Å². The molecular weight excluding hydrogens is 332 g/mol. The average Bonchev–Trinajstić information content (AvgIpc) is 2.84. The summed E-state index contributed by atoms with van der Waals surface area (Å²) in [5.41, 5.74) is 2.50. The normalized spacial score (nSPS) is 10.4. The molecule has 0 saturated heterocycles. The lowest BCUT2D eigenvalue weighted by Gasteiger charge is -2.11. The molecule has 1 aromatic carbocycles. The van der Waals surface area contributed by atoms with Gasteiger partial charge >= 0.3 is 0 Å². The molecule has 2 rings (SSSR count). The Morgan fingerprint density at radius 3 is 2.61 bits per heavy atom. The van der Waals surface area contributed by atoms with Crippen LogP contribution >= 0.6 is 23.8 Å². The van der Waals surface area contributed by atoms with Crippen LogP contribution in [0.15, 0.2) is 30.5 Å². The van der Waals surface area contributed by atoms with Crippen LogP contribution in [0.2, 0.25) is 5.02 Å². The Bertz CT molecular complexity index is 697. The smallest absolute Gasteiger partial charge is 0.170 e. The fraction of sp³-hybridized carbons (Fsp3) is 0.312. The van der Waals surface area contributed by atoms with E-state index in [0.29, 0.717) is 15.7 Å². The molecule has 2 aromatic rings. The maximum absolute atomic E-state index is 11.2. The van der Waals surface area contributed by atoms with E-state index in [-0.39, 0.29) is 5.78 Å². The summed E-state index contributed by atoms with van der Waals surface area (Å²) in [6.45, 7) is 5.00. The van der Waals surface area contributed by atoms with Gasteiger partial charge in [-0.2, -0.15) is 5.10 Å². The van der Waals surface area contributed by atoms with Crippen molar-refractivity contribution < 1.29 is 4.79 Å². The van der Waals surface area contributed by atoms with Crippen molar-refractivity contribution in [1.82, 2.24) is 15.1 Å². The Kier molecular flexibility index (Phi) is 6.12. The van der Waals surface area contributed by atoms with Gasteiger partial charge in [0.05, 0.1) is 16.9 Å². The lowest BCUT2D eigenvalue weighted by molar-refractivity contribution is 0.101. The van der Waals surface area contributed by atoms with Gasteiger partial charge in [0.2, 0.25) is 0 Å². The number of nitrogens with one attached hydrogen (secondary N) is 2. The highest BCUT2D eigenvalue weighted by atomic mass is 35.5. The van der Waals surface area contributed by atoms with E-state index in [2.05, 4.69) is 15.7 Å². The van der Waals surface area contributed by atoms with Crippen molar-refractivity contribution in [3.63, 3.8) is 0 Å². The lowest BCUT2D eigenvalue weighted by atomic mass is 10.1. The molecule has 0 aliphatic carbocycles. The fourth-order valence-corrected chi connectivity index (χ4v) is 2.40. The van der Waals surface area contributed by atoms with E-state index >= 15 is 0 Å². The van der Waals surface area contributed by atoms with Gasteiger partial charge in [0.15, 0.2) is 10.9 Å². The molecule has 0 saturated carbocycles. The van der Waals surface area contributed by atoms with Gasteiger partial charge in [-0.15, -0.1) is 0 Å². The number of carbonyl (C=O) groups is 1. The van der Waals surface area contributed by atoms with Crippen LogP contribution in [0.3, 0.4) is 0 Å². The highest BCUT2D eigenvalue weighted by Gasteiger charge is 2.04. The first-order valence-corrected chi connectivity index (χ1v) is 8.10. The molecule has 0 fully saturated rings. The number of rotatable bonds is 6. The summed E-state index contributed by atoms with van der Waals surface area (Å²) in [6, 6.07) is 7.22. The summed E-state index contributed by atoms with van der Waals surface area (Å²) in [7, 11) is 0. The monoisotopic (exact) mass is 350 g/mol. The van der Waals surface area contributed by atoms with Crippen LogP contribution in [0.25, 0.3) is 0 Å². The summed E-state index contributed by atoms with van der Waals surface area (Å²) in [5, 5.41) is 11.7. The van der Waals surface area contributed by atoms with E-state index in [0.717, 1.165) is 30.9 Å². The van der Waals surface area contributed by atoms with Crippen LogP contribution in [-0.2, 0) is 6.54 Å². The van der Waals surface area contributed by atoms with Crippen molar-refractivity contribution in [2.24, 2.45) is 0 Å². The second kappa shape index (κ2) is 8.08. The van der Waals surface area contributed by atoms with Crippen LogP contribution in [0.4, 0.5) is 5.69 Å². The number of nitrogens with zero attached hydrogens (tertiary/aromatic N) is 2. The summed E-state index contributed by atoms with van der Waals surface area (Å²) in [4.78, 5) is 11.2. The summed E-state index contributed by atoms with van der Waals surface area (Å²) >= 11 is 11.2. The second-order valence-corrected chi connectivity index (χ2v) is 5.98. The Morgan fingerprint density at radius 1 is 1.35 bits per heavy atom. The number of hydrogen-bond acceptors (Lipinski definition) is 3. The van der Waals surface area contributed by atoms with Gasteiger partial charge in [-0.25, -0.2) is 0 Å². The van der Waals surface area contributed by atoms with E-state index in [1.807, 2.05) is 23.7 Å². The predicted molar refractivity (Wildman–Crippen MR) is 97.3 cm³/mol. The van der Waals surface area contributed by atoms with Gasteiger partial charge < -0.3 is 10.6 Å². The maximum Gasteiger partial charge on any atom is 0.170 e. The molecule has 0 radical (unpaired) electrons. The number of ketones is 1. The first-order valence-electron chi connectivity index (χ1n) is 7.31. The molecule has 0 atom stereocenters. The Morgan fingerprint density at radius 2 is 2.04 bits per heavy atom. The standard InChI is InChI=1S/C16H19ClN4OS/c1-11-15(17)10-19-21(11)9-3-8-18-16(23)20-14-6-4-13(5-7-14)12(2)22/h4-7,10H,3,8-9H2,1-2H3,(H2,18,20,23). The Hall–Kier alpha value is -1.92. The van der Waals surface area contributed by atoms with E-state index in [1.165, 1.54) is 0 Å². The van der Waals surface area contributed by atoms with Gasteiger partial charge in [0.1, 0.15) is 0 Å². The minimum Gasteiger partial charge on any atom is -0.362 e. The van der Waals surface area contributed by atoms with Crippen molar-refractivity contribution in [3.8, 4) is 0 Å². The van der Waals surface area contributed by atoms with Gasteiger partial charge in [0.25, 0.3) is 0 Å². The first kappa shape index (κ1) is 17.4. The molecule has 0 aliphatic heterocycles. The number of anilines is 1. The molecular formula is C16H19ClN4OS. The molecule has 0 unspecified atom stereocenters. The highest BCUT2D eigenvalue weighted by Crippen LogP contribution is 2.13. The second-order valence-electron chi connectivity index (χ2n) is 5.17. The van der Waals surface area contributed by atoms with Crippen LogP contribution in [-0.4, -0.2) is 27.2 Å². The van der Waals surface area contributed by atoms with Crippen molar-refractivity contribution in [2.75, 3.05) is 11.9 Å². The number of aromatic nitrogens is 2. The molecule has 5 nitrogen and oxygen atoms in total. The van der Waals surface area contributed by atoms with Crippen LogP contribution in [0, 0.1) is 6.92 Å². The minimum absolute atomic E-state index is 0.0475. The van der Waals surface area contributed by atoms with Gasteiger partial charge in [-0.3, -0.25) is 9.48 Å². The van der Waals surface area contributed by atoms with Crippen molar-refractivity contribution in [1.29, 1.82) is 0 Å². The quantitative estimate of drug-likeness (QED) is 0.475. The third-order valence-electron chi connectivity index (χ3n) is 3.42. The molecule has 7 heteroatoms. The summed E-state index contributed by atoms with van der Waals surface area (Å²) in [6.07, 6.45) is 2.53. The fourth-order valence-electron chi connectivity index (χ4n) is 2.04. The molecule has 0 bridgehead atoms. The van der Waals surface area contributed by atoms with E-state index in [9.17, 15) is 4.79 Å². The zero-order valence-electron chi connectivity index (χ0n) is 13.1. The molecule has 23 heavy (non-hydrogen) atoms. The van der Waals surface area contributed by atoms with E-state index < -0.39 is 0 Å². The molecule has 0 spiro atoms. The zero-order valence-corrected chi connectivity index (χ0v) is 14.7. The molecule has 0 amide bonds. The first-order chi connectivity index (χ1) is 11.0. The number of aryl methyl sites for hydroxylation is 1. The Balaban J connectivity index is 1.72. The molecule has 1 heterocycles. The predicted octanol–water partition coefficient (Wildman–Crippen LogP) is 3.42. The number of hydrogen-bond donors (Lipinski definition) is 2. The third kappa shape index (κ3) is 5.04. The van der Waals surface area contributed by atoms with Crippen LogP contribution in [0.1, 0.15) is 29.4 Å². The SMILES string of the molecule is CC(=O)c1ccc(NC(=S)NCCCn2ncc(Cl)c2C)cc1. The number of Topliss-reactive ketones (excluding diaryl/α,β-unsaturated/α-hetero) is 1. The largest absolute Gasteiger partial charge is 0.362 e. The third-order valence-corrected chi connectivity index (χ3v) is 4.04. The van der Waals surface area contributed by atoms with Gasteiger partial charge in [-0.1, -0.05) is 11.6 Å². The van der Waals surface area contributed by atoms with E-state index in [4.69, 9.17) is 23.8 Å². The zero-order chi connectivity index (χ0) is 16.8. The number of carbonyl (C=O) groups excluding carboxylic acids is 1. The summed E-state index contributed by atoms with van der Waals surface area (Å²) in [5.74, 6) is 0.0475. The highest BCUT2D eigenvalue weighted by molar-refractivity contribution is 7.80. The molecule has 2 N–H and O–H groups in total. The van der Waals surface area contributed by atoms with Crippen molar-refractivity contribution in [3.05, 3.63) is 46.7 Å².